The predicted molar refractivity (Wildman–Crippen MR) is 38.0 cm³/mol. The third-order valence-corrected chi connectivity index (χ3v) is 0.723. The summed E-state index contributed by atoms with van der Waals surface area (Å²) in [6, 6.07) is 0. The van der Waals surface area contributed by atoms with Gasteiger partial charge in [0.05, 0.1) is 0 Å². The first-order valence-electron chi connectivity index (χ1n) is 1.91. The van der Waals surface area contributed by atoms with Crippen LogP contribution in [0.4, 0.5) is 0 Å². The van der Waals surface area contributed by atoms with E-state index < -0.39 is 0 Å². The largest absolute Gasteiger partial charge is 0.294 e. The molecule has 3 nitrogen and oxygen atoms in total. The maximum atomic E-state index is 10.1. The van der Waals surface area contributed by atoms with Crippen LogP contribution in [0.25, 0.3) is 0 Å². The molecule has 0 fully saturated rings. The molecule has 0 atom stereocenters. The number of carbonyl (C=O) groups excluding carboxylic acids is 1. The van der Waals surface area contributed by atoms with Gasteiger partial charge in [-0.25, -0.2) is 5.84 Å². The Morgan fingerprint density at radius 1 is 1.75 bits per heavy atom. The van der Waals surface area contributed by atoms with Gasteiger partial charge in [0.15, 0.2) is 0 Å². The number of thiol groups is 1. The summed E-state index contributed by atoms with van der Waals surface area (Å²) in [6.07, 6.45) is 0.389. The Kier molecular flexibility index (Phi) is 9.68. The number of hydrazine groups is 1. The van der Waals surface area contributed by atoms with Crippen LogP contribution >= 0.6 is 25.0 Å². The fourth-order valence-electron chi connectivity index (χ4n) is 0.174. The van der Waals surface area contributed by atoms with Crippen LogP contribution in [-0.4, -0.2) is 11.7 Å². The molecular formula is C3H9ClN2OS. The Morgan fingerprint density at radius 2 is 2.25 bits per heavy atom. The number of nitrogens with one attached hydrogen (secondary N) is 1. The molecule has 8 heavy (non-hydrogen) atoms. The summed E-state index contributed by atoms with van der Waals surface area (Å²) in [5.74, 6) is 5.10. The second-order valence-electron chi connectivity index (χ2n) is 1.04. The van der Waals surface area contributed by atoms with E-state index in [0.717, 1.165) is 0 Å². The molecule has 0 rings (SSSR count). The highest BCUT2D eigenvalue weighted by molar-refractivity contribution is 7.80. The first-order chi connectivity index (χ1) is 3.31. The van der Waals surface area contributed by atoms with E-state index in [1.807, 2.05) is 5.43 Å². The summed E-state index contributed by atoms with van der Waals surface area (Å²) >= 11 is 3.80. The number of rotatable bonds is 2. The third-order valence-electron chi connectivity index (χ3n) is 0.500. The first kappa shape index (κ1) is 10.9. The molecular weight excluding hydrogens is 148 g/mol. The molecule has 0 saturated heterocycles. The topological polar surface area (TPSA) is 55.1 Å². The van der Waals surface area contributed by atoms with Crippen molar-refractivity contribution in [1.82, 2.24) is 5.43 Å². The standard InChI is InChI=1S/C3H8N2OS.ClH/c4-5-3(6)1-2-7;/h7H,1-2,4H2,(H,5,6);1H. The highest BCUT2D eigenvalue weighted by Gasteiger charge is 1.90. The molecule has 0 aliphatic carbocycles. The Labute approximate surface area is 59.8 Å². The second-order valence-corrected chi connectivity index (χ2v) is 1.49. The smallest absolute Gasteiger partial charge is 0.234 e. The average molecular weight is 157 g/mol. The maximum Gasteiger partial charge on any atom is 0.234 e. The van der Waals surface area contributed by atoms with Crippen molar-refractivity contribution >= 4 is 30.9 Å². The lowest BCUT2D eigenvalue weighted by Crippen LogP contribution is -2.29. The molecule has 0 unspecified atom stereocenters. The number of halogens is 1. The lowest BCUT2D eigenvalue weighted by molar-refractivity contribution is -0.120. The Hall–Kier alpha value is 0.0700. The van der Waals surface area contributed by atoms with Crippen LogP contribution < -0.4 is 11.3 Å². The summed E-state index contributed by atoms with van der Waals surface area (Å²) in [6.45, 7) is 0. The molecule has 0 saturated carbocycles. The van der Waals surface area contributed by atoms with E-state index in [1.54, 1.807) is 0 Å². The molecule has 1 amide bonds. The Bertz CT molecular complexity index is 70.3. The molecule has 0 aromatic heterocycles. The van der Waals surface area contributed by atoms with Crippen LogP contribution in [0.2, 0.25) is 0 Å². The molecule has 0 radical (unpaired) electrons. The second kappa shape index (κ2) is 7.07. The van der Waals surface area contributed by atoms with Gasteiger partial charge in [-0.1, -0.05) is 0 Å². The van der Waals surface area contributed by atoms with Gasteiger partial charge >= 0.3 is 0 Å². The van der Waals surface area contributed by atoms with Gasteiger partial charge in [0.25, 0.3) is 0 Å². The van der Waals surface area contributed by atoms with Gasteiger partial charge in [-0.2, -0.15) is 12.6 Å². The molecule has 0 aliphatic heterocycles. The molecule has 0 spiro atoms. The van der Waals surface area contributed by atoms with Crippen molar-refractivity contribution < 1.29 is 4.79 Å². The van der Waals surface area contributed by atoms with Crippen LogP contribution in [-0.2, 0) is 4.79 Å². The van der Waals surface area contributed by atoms with Crippen molar-refractivity contribution in [1.29, 1.82) is 0 Å². The van der Waals surface area contributed by atoms with Crippen molar-refractivity contribution in [2.75, 3.05) is 5.75 Å². The normalized spacial score (nSPS) is 7.25. The molecule has 0 aromatic carbocycles. The van der Waals surface area contributed by atoms with E-state index in [9.17, 15) is 4.79 Å². The number of nitrogens with two attached hydrogens (primary N) is 1. The Balaban J connectivity index is 0. The van der Waals surface area contributed by atoms with Crippen molar-refractivity contribution in [2.24, 2.45) is 5.84 Å². The van der Waals surface area contributed by atoms with E-state index in [4.69, 9.17) is 5.84 Å². The quantitative estimate of drug-likeness (QED) is 0.223. The highest BCUT2D eigenvalue weighted by Crippen LogP contribution is 1.79. The number of hydrogen-bond donors (Lipinski definition) is 3. The number of carbonyl (C=O) groups is 1. The molecule has 0 aliphatic rings. The van der Waals surface area contributed by atoms with Crippen LogP contribution in [0.3, 0.4) is 0 Å². The molecule has 0 heterocycles. The minimum absolute atomic E-state index is 0. The maximum absolute atomic E-state index is 10.1. The van der Waals surface area contributed by atoms with Gasteiger partial charge < -0.3 is 0 Å². The summed E-state index contributed by atoms with van der Waals surface area (Å²) < 4.78 is 0. The van der Waals surface area contributed by atoms with Crippen LogP contribution in [0.1, 0.15) is 6.42 Å². The zero-order valence-corrected chi connectivity index (χ0v) is 5.97. The zero-order chi connectivity index (χ0) is 5.70. The molecule has 50 valence electrons. The summed E-state index contributed by atoms with van der Waals surface area (Å²) in [7, 11) is 0. The lowest BCUT2D eigenvalue weighted by Gasteiger charge is -1.90. The van der Waals surface area contributed by atoms with Crippen LogP contribution in [0, 0.1) is 0 Å². The van der Waals surface area contributed by atoms with Gasteiger partial charge in [0, 0.05) is 6.42 Å². The van der Waals surface area contributed by atoms with E-state index in [2.05, 4.69) is 12.6 Å². The molecule has 5 heteroatoms. The van der Waals surface area contributed by atoms with Crippen molar-refractivity contribution in [3.63, 3.8) is 0 Å². The minimum atomic E-state index is -0.171. The van der Waals surface area contributed by atoms with Gasteiger partial charge in [-0.15, -0.1) is 12.4 Å². The van der Waals surface area contributed by atoms with Crippen LogP contribution in [0.5, 0.6) is 0 Å². The fourth-order valence-corrected chi connectivity index (χ4v) is 0.377. The van der Waals surface area contributed by atoms with Crippen molar-refractivity contribution in [3.8, 4) is 0 Å². The van der Waals surface area contributed by atoms with E-state index in [-0.39, 0.29) is 18.3 Å². The summed E-state index contributed by atoms with van der Waals surface area (Å²) in [5, 5.41) is 0. The van der Waals surface area contributed by atoms with Gasteiger partial charge in [0.2, 0.25) is 5.91 Å². The first-order valence-corrected chi connectivity index (χ1v) is 2.55. The van der Waals surface area contributed by atoms with E-state index in [0.29, 0.717) is 12.2 Å². The zero-order valence-electron chi connectivity index (χ0n) is 4.26. The minimum Gasteiger partial charge on any atom is -0.294 e. The number of hydrogen-bond acceptors (Lipinski definition) is 3. The monoisotopic (exact) mass is 156 g/mol. The fraction of sp³-hybridized carbons (Fsp3) is 0.667. The third kappa shape index (κ3) is 6.07. The SMILES string of the molecule is Cl.NNC(=O)CCS. The van der Waals surface area contributed by atoms with Crippen molar-refractivity contribution in [3.05, 3.63) is 0 Å². The summed E-state index contributed by atoms with van der Waals surface area (Å²) in [4.78, 5) is 10.1. The molecule has 3 N–H and O–H groups in total. The molecule has 0 aromatic rings. The van der Waals surface area contributed by atoms with Gasteiger partial charge in [0.1, 0.15) is 0 Å². The average Bonchev–Trinajstić information content (AvgIpc) is 1.68. The Morgan fingerprint density at radius 3 is 2.38 bits per heavy atom. The highest BCUT2D eigenvalue weighted by atomic mass is 35.5. The molecule has 0 bridgehead atoms. The van der Waals surface area contributed by atoms with E-state index >= 15 is 0 Å². The van der Waals surface area contributed by atoms with Gasteiger partial charge in [-0.05, 0) is 5.75 Å². The lowest BCUT2D eigenvalue weighted by atomic mass is 10.5. The predicted octanol–water partition coefficient (Wildman–Crippen LogP) is -0.282. The van der Waals surface area contributed by atoms with Crippen LogP contribution in [0.15, 0.2) is 0 Å². The van der Waals surface area contributed by atoms with E-state index in [1.165, 1.54) is 0 Å². The van der Waals surface area contributed by atoms with Gasteiger partial charge in [-0.3, -0.25) is 10.2 Å². The summed E-state index contributed by atoms with van der Waals surface area (Å²) in [5.41, 5.74) is 1.98. The van der Waals surface area contributed by atoms with Crippen molar-refractivity contribution in [2.45, 2.75) is 6.42 Å². The number of amides is 1.